The minimum absolute atomic E-state index is 0.418. The van der Waals surface area contributed by atoms with Crippen LogP contribution in [0.1, 0.15) is 18.1 Å². The Kier molecular flexibility index (Phi) is 4.72. The van der Waals surface area contributed by atoms with Crippen LogP contribution < -0.4 is 0 Å². The second kappa shape index (κ2) is 6.51. The summed E-state index contributed by atoms with van der Waals surface area (Å²) >= 11 is 0. The number of nitriles is 1. The minimum Gasteiger partial charge on any atom is -0.480 e. The van der Waals surface area contributed by atoms with Gasteiger partial charge in [-0.25, -0.2) is 0 Å². The van der Waals surface area contributed by atoms with Gasteiger partial charge in [-0.05, 0) is 24.6 Å². The molecule has 5 heteroatoms. The quantitative estimate of drug-likeness (QED) is 0.891. The van der Waals surface area contributed by atoms with Crippen molar-refractivity contribution in [3.63, 3.8) is 0 Å². The zero-order valence-corrected chi connectivity index (χ0v) is 11.6. The van der Waals surface area contributed by atoms with Gasteiger partial charge in [0.25, 0.3) is 0 Å². The topological polar surface area (TPSA) is 67.6 Å². The van der Waals surface area contributed by atoms with Crippen molar-refractivity contribution in [1.29, 1.82) is 5.26 Å². The molecule has 1 N–H and O–H groups in total. The highest BCUT2D eigenvalue weighted by Gasteiger charge is 2.24. The van der Waals surface area contributed by atoms with Gasteiger partial charge in [0.15, 0.2) is 0 Å². The smallest absolute Gasteiger partial charge is 0.320 e. The summed E-state index contributed by atoms with van der Waals surface area (Å²) in [4.78, 5) is 15.2. The molecule has 0 spiro atoms. The number of carboxylic acids is 1. The number of benzene rings is 1. The molecule has 1 aromatic carbocycles. The van der Waals surface area contributed by atoms with Crippen molar-refractivity contribution in [2.24, 2.45) is 0 Å². The van der Waals surface area contributed by atoms with E-state index in [0.717, 1.165) is 38.3 Å². The highest BCUT2D eigenvalue weighted by Crippen LogP contribution is 2.12. The molecule has 1 fully saturated rings. The molecule has 0 saturated carbocycles. The molecule has 0 radical (unpaired) electrons. The molecule has 1 aliphatic heterocycles. The lowest BCUT2D eigenvalue weighted by Gasteiger charge is -2.36. The Bertz CT molecular complexity index is 516. The Morgan fingerprint density at radius 2 is 2.10 bits per heavy atom. The van der Waals surface area contributed by atoms with Gasteiger partial charge in [0, 0.05) is 32.7 Å². The second-order valence-corrected chi connectivity index (χ2v) is 5.14. The number of nitrogens with zero attached hydrogens (tertiary/aromatic N) is 3. The zero-order valence-electron chi connectivity index (χ0n) is 11.6. The van der Waals surface area contributed by atoms with Gasteiger partial charge in [0.1, 0.15) is 6.04 Å². The van der Waals surface area contributed by atoms with Gasteiger partial charge in [-0.1, -0.05) is 12.1 Å². The number of rotatable bonds is 4. The number of carbonyl (C=O) groups is 1. The standard InChI is InChI=1S/C15H19N3O2/c1-12(15(19)20)18-7-5-17(6-8-18)11-14-4-2-3-13(9-14)10-16/h2-4,9,12H,5-8,11H2,1H3,(H,19,20). The van der Waals surface area contributed by atoms with Crippen molar-refractivity contribution in [2.45, 2.75) is 19.5 Å². The molecule has 1 heterocycles. The molecule has 1 aliphatic rings. The van der Waals surface area contributed by atoms with E-state index in [9.17, 15) is 4.79 Å². The molecule has 0 aromatic heterocycles. The first-order chi connectivity index (χ1) is 9.60. The van der Waals surface area contributed by atoms with Crippen molar-refractivity contribution in [3.05, 3.63) is 35.4 Å². The van der Waals surface area contributed by atoms with Crippen molar-refractivity contribution >= 4 is 5.97 Å². The summed E-state index contributed by atoms with van der Waals surface area (Å²) < 4.78 is 0. The maximum Gasteiger partial charge on any atom is 0.320 e. The van der Waals surface area contributed by atoms with Gasteiger partial charge in [0.2, 0.25) is 0 Å². The van der Waals surface area contributed by atoms with Crippen LogP contribution in [0.4, 0.5) is 0 Å². The predicted molar refractivity (Wildman–Crippen MR) is 75.1 cm³/mol. The Morgan fingerprint density at radius 3 is 2.70 bits per heavy atom. The first kappa shape index (κ1) is 14.5. The van der Waals surface area contributed by atoms with Crippen LogP contribution >= 0.6 is 0 Å². The number of piperazine rings is 1. The fourth-order valence-corrected chi connectivity index (χ4v) is 2.46. The van der Waals surface area contributed by atoms with Crippen molar-refractivity contribution in [1.82, 2.24) is 9.80 Å². The lowest BCUT2D eigenvalue weighted by atomic mass is 10.1. The maximum atomic E-state index is 11.0. The van der Waals surface area contributed by atoms with Crippen LogP contribution in [0.2, 0.25) is 0 Å². The zero-order chi connectivity index (χ0) is 14.5. The molecule has 2 rings (SSSR count). The Labute approximate surface area is 119 Å². The van der Waals surface area contributed by atoms with E-state index < -0.39 is 12.0 Å². The van der Waals surface area contributed by atoms with E-state index in [-0.39, 0.29) is 0 Å². The molecule has 106 valence electrons. The van der Waals surface area contributed by atoms with Gasteiger partial charge in [-0.3, -0.25) is 14.6 Å². The van der Waals surface area contributed by atoms with Crippen LogP contribution in [0.5, 0.6) is 0 Å². The van der Waals surface area contributed by atoms with Crippen LogP contribution in [0.25, 0.3) is 0 Å². The van der Waals surface area contributed by atoms with Crippen LogP contribution in [-0.4, -0.2) is 53.1 Å². The largest absolute Gasteiger partial charge is 0.480 e. The Morgan fingerprint density at radius 1 is 1.40 bits per heavy atom. The number of carboxylic acid groups (broad SMARTS) is 1. The highest BCUT2D eigenvalue weighted by atomic mass is 16.4. The third kappa shape index (κ3) is 3.56. The molecule has 1 saturated heterocycles. The second-order valence-electron chi connectivity index (χ2n) is 5.14. The first-order valence-electron chi connectivity index (χ1n) is 6.78. The molecule has 0 bridgehead atoms. The fourth-order valence-electron chi connectivity index (χ4n) is 2.46. The molecule has 5 nitrogen and oxygen atoms in total. The number of aliphatic carboxylic acids is 1. The number of hydrogen-bond acceptors (Lipinski definition) is 4. The van der Waals surface area contributed by atoms with E-state index in [1.165, 1.54) is 0 Å². The van der Waals surface area contributed by atoms with E-state index in [1.807, 2.05) is 23.1 Å². The van der Waals surface area contributed by atoms with Gasteiger partial charge in [-0.2, -0.15) is 5.26 Å². The maximum absolute atomic E-state index is 11.0. The molecular formula is C15H19N3O2. The van der Waals surface area contributed by atoms with Gasteiger partial charge in [-0.15, -0.1) is 0 Å². The summed E-state index contributed by atoms with van der Waals surface area (Å²) in [5.74, 6) is -0.764. The summed E-state index contributed by atoms with van der Waals surface area (Å²) in [7, 11) is 0. The van der Waals surface area contributed by atoms with Crippen LogP contribution in [0.15, 0.2) is 24.3 Å². The summed E-state index contributed by atoms with van der Waals surface area (Å²) in [6.45, 7) is 5.79. The molecule has 1 aromatic rings. The van der Waals surface area contributed by atoms with Crippen LogP contribution in [0.3, 0.4) is 0 Å². The fraction of sp³-hybridized carbons (Fsp3) is 0.467. The summed E-state index contributed by atoms with van der Waals surface area (Å²) in [5, 5.41) is 17.9. The van der Waals surface area contributed by atoms with Gasteiger partial charge >= 0.3 is 5.97 Å². The third-order valence-electron chi connectivity index (χ3n) is 3.77. The van der Waals surface area contributed by atoms with E-state index >= 15 is 0 Å². The molecular weight excluding hydrogens is 254 g/mol. The average Bonchev–Trinajstić information content (AvgIpc) is 2.47. The van der Waals surface area contributed by atoms with E-state index in [0.29, 0.717) is 5.56 Å². The van der Waals surface area contributed by atoms with E-state index in [4.69, 9.17) is 10.4 Å². The van der Waals surface area contributed by atoms with Crippen molar-refractivity contribution in [3.8, 4) is 6.07 Å². The molecule has 0 amide bonds. The molecule has 20 heavy (non-hydrogen) atoms. The number of hydrogen-bond donors (Lipinski definition) is 1. The van der Waals surface area contributed by atoms with Gasteiger partial charge in [0.05, 0.1) is 11.6 Å². The average molecular weight is 273 g/mol. The molecule has 1 unspecified atom stereocenters. The lowest BCUT2D eigenvalue weighted by molar-refractivity contribution is -0.143. The highest BCUT2D eigenvalue weighted by molar-refractivity contribution is 5.72. The Balaban J connectivity index is 1.88. The summed E-state index contributed by atoms with van der Waals surface area (Å²) in [6.07, 6.45) is 0. The van der Waals surface area contributed by atoms with Gasteiger partial charge < -0.3 is 5.11 Å². The first-order valence-corrected chi connectivity index (χ1v) is 6.78. The normalized spacial score (nSPS) is 18.4. The molecule has 1 atom stereocenters. The summed E-state index contributed by atoms with van der Waals surface area (Å²) in [5.41, 5.74) is 1.81. The lowest BCUT2D eigenvalue weighted by Crippen LogP contribution is -2.51. The molecule has 0 aliphatic carbocycles. The minimum atomic E-state index is -0.764. The monoisotopic (exact) mass is 273 g/mol. The van der Waals surface area contributed by atoms with Crippen LogP contribution in [-0.2, 0) is 11.3 Å². The summed E-state index contributed by atoms with van der Waals surface area (Å²) in [6, 6.07) is 9.36. The third-order valence-corrected chi connectivity index (χ3v) is 3.77. The van der Waals surface area contributed by atoms with Crippen molar-refractivity contribution < 1.29 is 9.90 Å². The van der Waals surface area contributed by atoms with E-state index in [1.54, 1.807) is 13.0 Å². The SMILES string of the molecule is CC(C(=O)O)N1CCN(Cc2cccc(C#N)c2)CC1. The van der Waals surface area contributed by atoms with Crippen LogP contribution in [0, 0.1) is 11.3 Å². The Hall–Kier alpha value is -1.90. The predicted octanol–water partition coefficient (Wildman–Crippen LogP) is 1.15. The van der Waals surface area contributed by atoms with E-state index in [2.05, 4.69) is 11.0 Å². The van der Waals surface area contributed by atoms with Crippen molar-refractivity contribution in [2.75, 3.05) is 26.2 Å².